The van der Waals surface area contributed by atoms with Gasteiger partial charge in [-0.05, 0) is 57.2 Å². The molecule has 0 aliphatic carbocycles. The summed E-state index contributed by atoms with van der Waals surface area (Å²) in [6, 6.07) is 5.98. The number of hydrogen-bond acceptors (Lipinski definition) is 4. The van der Waals surface area contributed by atoms with Crippen LogP contribution in [0.15, 0.2) is 29.2 Å². The van der Waals surface area contributed by atoms with Gasteiger partial charge in [0.15, 0.2) is 0 Å². The molecule has 0 atom stereocenters. The van der Waals surface area contributed by atoms with E-state index in [-0.39, 0.29) is 10.8 Å². The van der Waals surface area contributed by atoms with Gasteiger partial charge in [-0.25, -0.2) is 13.1 Å². The van der Waals surface area contributed by atoms with Gasteiger partial charge in [-0.15, -0.1) is 0 Å². The van der Waals surface area contributed by atoms with Gasteiger partial charge in [-0.1, -0.05) is 13.8 Å². The van der Waals surface area contributed by atoms with Crippen molar-refractivity contribution in [2.24, 2.45) is 5.92 Å². The van der Waals surface area contributed by atoms with Crippen molar-refractivity contribution >= 4 is 15.9 Å². The van der Waals surface area contributed by atoms with Crippen molar-refractivity contribution in [3.63, 3.8) is 0 Å². The van der Waals surface area contributed by atoms with Gasteiger partial charge in [0, 0.05) is 18.7 Å². The lowest BCUT2D eigenvalue weighted by atomic mass is 10.2. The van der Waals surface area contributed by atoms with E-state index in [2.05, 4.69) is 10.0 Å². The Labute approximate surface area is 139 Å². The van der Waals surface area contributed by atoms with Crippen LogP contribution in [0.2, 0.25) is 0 Å². The summed E-state index contributed by atoms with van der Waals surface area (Å²) >= 11 is 0. The number of nitrogens with zero attached hydrogens (tertiary/aromatic N) is 1. The molecule has 130 valence electrons. The van der Waals surface area contributed by atoms with Gasteiger partial charge >= 0.3 is 0 Å². The summed E-state index contributed by atoms with van der Waals surface area (Å²) < 4.78 is 26.9. The van der Waals surface area contributed by atoms with E-state index >= 15 is 0 Å². The molecule has 0 aliphatic rings. The smallest absolute Gasteiger partial charge is 0.251 e. The average molecular weight is 341 g/mol. The second-order valence-electron chi connectivity index (χ2n) is 6.18. The van der Waals surface area contributed by atoms with E-state index in [0.717, 1.165) is 13.0 Å². The molecule has 0 aliphatic heterocycles. The molecule has 2 N–H and O–H groups in total. The lowest BCUT2D eigenvalue weighted by Gasteiger charge is -2.11. The molecule has 0 saturated heterocycles. The monoisotopic (exact) mass is 341 g/mol. The zero-order valence-corrected chi connectivity index (χ0v) is 15.1. The lowest BCUT2D eigenvalue weighted by Crippen LogP contribution is -2.28. The second kappa shape index (κ2) is 9.00. The Bertz CT molecular complexity index is 596. The Morgan fingerprint density at radius 1 is 1.17 bits per heavy atom. The third-order valence-electron chi connectivity index (χ3n) is 3.17. The van der Waals surface area contributed by atoms with Crippen LogP contribution < -0.4 is 10.0 Å². The molecule has 0 spiro atoms. The molecule has 1 aromatic carbocycles. The fourth-order valence-corrected chi connectivity index (χ4v) is 2.94. The van der Waals surface area contributed by atoms with Crippen LogP contribution in [0.4, 0.5) is 0 Å². The highest BCUT2D eigenvalue weighted by molar-refractivity contribution is 7.89. The fourth-order valence-electron chi connectivity index (χ4n) is 1.87. The molecule has 7 heteroatoms. The van der Waals surface area contributed by atoms with Gasteiger partial charge in [0.1, 0.15) is 0 Å². The van der Waals surface area contributed by atoms with Crippen LogP contribution >= 0.6 is 0 Å². The molecule has 0 aromatic heterocycles. The largest absolute Gasteiger partial charge is 0.352 e. The molecule has 1 rings (SSSR count). The van der Waals surface area contributed by atoms with Crippen LogP contribution in [0.5, 0.6) is 0 Å². The molecule has 0 bridgehead atoms. The van der Waals surface area contributed by atoms with Gasteiger partial charge in [-0.2, -0.15) is 0 Å². The van der Waals surface area contributed by atoms with Gasteiger partial charge in [0.05, 0.1) is 4.90 Å². The van der Waals surface area contributed by atoms with Crippen LogP contribution in [0.25, 0.3) is 0 Å². The summed E-state index contributed by atoms with van der Waals surface area (Å²) in [4.78, 5) is 14.1. The minimum absolute atomic E-state index is 0.169. The van der Waals surface area contributed by atoms with E-state index < -0.39 is 10.0 Å². The van der Waals surface area contributed by atoms with Crippen molar-refractivity contribution in [1.29, 1.82) is 0 Å². The molecular formula is C16H27N3O3S. The Morgan fingerprint density at radius 2 is 1.78 bits per heavy atom. The summed E-state index contributed by atoms with van der Waals surface area (Å²) in [5, 5.41) is 2.80. The first-order valence-electron chi connectivity index (χ1n) is 7.75. The topological polar surface area (TPSA) is 78.5 Å². The van der Waals surface area contributed by atoms with Crippen LogP contribution in [0, 0.1) is 5.92 Å². The van der Waals surface area contributed by atoms with Gasteiger partial charge in [0.2, 0.25) is 10.0 Å². The SMILES string of the molecule is CC(C)CNC(=O)c1ccc(S(=O)(=O)NCCCN(C)C)cc1. The number of carbonyl (C=O) groups is 1. The van der Waals surface area contributed by atoms with Crippen LogP contribution in [0.3, 0.4) is 0 Å². The average Bonchev–Trinajstić information content (AvgIpc) is 2.49. The highest BCUT2D eigenvalue weighted by Gasteiger charge is 2.14. The van der Waals surface area contributed by atoms with E-state index in [4.69, 9.17) is 0 Å². The fraction of sp³-hybridized carbons (Fsp3) is 0.562. The van der Waals surface area contributed by atoms with Gasteiger partial charge < -0.3 is 10.2 Å². The minimum atomic E-state index is -3.53. The van der Waals surface area contributed by atoms with Crippen LogP contribution in [0.1, 0.15) is 30.6 Å². The molecule has 6 nitrogen and oxygen atoms in total. The maximum atomic E-state index is 12.1. The second-order valence-corrected chi connectivity index (χ2v) is 7.95. The van der Waals surface area contributed by atoms with Gasteiger partial charge in [0.25, 0.3) is 5.91 Å². The van der Waals surface area contributed by atoms with Crippen molar-refractivity contribution in [2.75, 3.05) is 33.7 Å². The van der Waals surface area contributed by atoms with E-state index in [1.165, 1.54) is 24.3 Å². The predicted octanol–water partition coefficient (Wildman–Crippen LogP) is 1.30. The highest BCUT2D eigenvalue weighted by atomic mass is 32.2. The Balaban J connectivity index is 2.62. The first kappa shape index (κ1) is 19.6. The molecule has 0 saturated carbocycles. The molecule has 0 unspecified atom stereocenters. The summed E-state index contributed by atoms with van der Waals surface area (Å²) in [7, 11) is 0.357. The third kappa shape index (κ3) is 7.11. The Morgan fingerprint density at radius 3 is 2.30 bits per heavy atom. The zero-order valence-electron chi connectivity index (χ0n) is 14.3. The highest BCUT2D eigenvalue weighted by Crippen LogP contribution is 2.10. The Kier molecular flexibility index (Phi) is 7.67. The number of benzene rings is 1. The molecule has 0 heterocycles. The van der Waals surface area contributed by atoms with Crippen molar-refractivity contribution in [2.45, 2.75) is 25.2 Å². The minimum Gasteiger partial charge on any atom is -0.352 e. The number of nitrogens with one attached hydrogen (secondary N) is 2. The van der Waals surface area contributed by atoms with Crippen molar-refractivity contribution in [3.8, 4) is 0 Å². The number of hydrogen-bond donors (Lipinski definition) is 2. The molecule has 1 amide bonds. The maximum Gasteiger partial charge on any atom is 0.251 e. The van der Waals surface area contributed by atoms with Gasteiger partial charge in [-0.3, -0.25) is 4.79 Å². The van der Waals surface area contributed by atoms with Crippen molar-refractivity contribution in [1.82, 2.24) is 14.9 Å². The number of rotatable bonds is 9. The lowest BCUT2D eigenvalue weighted by molar-refractivity contribution is 0.0949. The summed E-state index contributed by atoms with van der Waals surface area (Å²) in [5.41, 5.74) is 0.456. The predicted molar refractivity (Wildman–Crippen MR) is 92.0 cm³/mol. The standard InChI is InChI=1S/C16H27N3O3S/c1-13(2)12-17-16(20)14-6-8-15(9-7-14)23(21,22)18-10-5-11-19(3)4/h6-9,13,18H,5,10-12H2,1-4H3,(H,17,20). The molecule has 0 radical (unpaired) electrons. The number of sulfonamides is 1. The number of amides is 1. The first-order chi connectivity index (χ1) is 10.7. The van der Waals surface area contributed by atoms with Crippen molar-refractivity contribution in [3.05, 3.63) is 29.8 Å². The molecular weight excluding hydrogens is 314 g/mol. The Hall–Kier alpha value is -1.44. The molecule has 23 heavy (non-hydrogen) atoms. The maximum absolute atomic E-state index is 12.1. The summed E-state index contributed by atoms with van der Waals surface area (Å²) in [5.74, 6) is 0.173. The van der Waals surface area contributed by atoms with Crippen LogP contribution in [-0.4, -0.2) is 53.0 Å². The normalized spacial score (nSPS) is 11.9. The van der Waals surface area contributed by atoms with E-state index in [9.17, 15) is 13.2 Å². The molecule has 0 fully saturated rings. The van der Waals surface area contributed by atoms with E-state index in [0.29, 0.717) is 24.6 Å². The summed E-state index contributed by atoms with van der Waals surface area (Å²) in [6.07, 6.45) is 0.738. The first-order valence-corrected chi connectivity index (χ1v) is 9.23. The van der Waals surface area contributed by atoms with Crippen molar-refractivity contribution < 1.29 is 13.2 Å². The third-order valence-corrected chi connectivity index (χ3v) is 4.65. The zero-order chi connectivity index (χ0) is 17.5. The summed E-state index contributed by atoms with van der Waals surface area (Å²) in [6.45, 7) is 5.82. The van der Waals surface area contributed by atoms with Crippen LogP contribution in [-0.2, 0) is 10.0 Å². The van der Waals surface area contributed by atoms with E-state index in [1.54, 1.807) is 0 Å². The van der Waals surface area contributed by atoms with E-state index in [1.807, 2.05) is 32.8 Å². The molecule has 1 aromatic rings. The quantitative estimate of drug-likeness (QED) is 0.664. The number of carbonyl (C=O) groups excluding carboxylic acids is 1.